The van der Waals surface area contributed by atoms with E-state index in [9.17, 15) is 9.18 Å². The van der Waals surface area contributed by atoms with Gasteiger partial charge in [0.15, 0.2) is 11.6 Å². The maximum atomic E-state index is 13.7. The molecule has 0 spiro atoms. The van der Waals surface area contributed by atoms with E-state index < -0.39 is 5.82 Å². The Morgan fingerprint density at radius 1 is 1.41 bits per heavy atom. The Hall–Kier alpha value is -1.82. The second-order valence-electron chi connectivity index (χ2n) is 5.39. The molecule has 5 nitrogen and oxygen atoms in total. The van der Waals surface area contributed by atoms with Gasteiger partial charge in [0.1, 0.15) is 0 Å². The summed E-state index contributed by atoms with van der Waals surface area (Å²) in [5, 5.41) is 14.5. The molecule has 0 heterocycles. The molecule has 124 valence electrons. The highest BCUT2D eigenvalue weighted by molar-refractivity contribution is 5.74. The van der Waals surface area contributed by atoms with E-state index in [0.29, 0.717) is 18.6 Å². The number of aliphatic hydroxyl groups excluding tert-OH is 1. The molecule has 2 amide bonds. The molecule has 0 bridgehead atoms. The van der Waals surface area contributed by atoms with Crippen LogP contribution in [0.25, 0.3) is 0 Å². The third kappa shape index (κ3) is 5.89. The lowest BCUT2D eigenvalue weighted by Crippen LogP contribution is -2.44. The van der Waals surface area contributed by atoms with Gasteiger partial charge in [-0.3, -0.25) is 0 Å². The minimum Gasteiger partial charge on any atom is -0.491 e. The van der Waals surface area contributed by atoms with E-state index in [-0.39, 0.29) is 36.9 Å². The highest BCUT2D eigenvalue weighted by atomic mass is 19.1. The summed E-state index contributed by atoms with van der Waals surface area (Å²) in [5.74, 6) is -0.0127. The van der Waals surface area contributed by atoms with E-state index >= 15 is 0 Å². The summed E-state index contributed by atoms with van der Waals surface area (Å²) in [5.41, 5.74) is 0.652. The Kier molecular flexibility index (Phi) is 7.66. The topological polar surface area (TPSA) is 70.6 Å². The smallest absolute Gasteiger partial charge is 0.315 e. The van der Waals surface area contributed by atoms with Gasteiger partial charge in [-0.2, -0.15) is 0 Å². The van der Waals surface area contributed by atoms with Crippen LogP contribution in [0.4, 0.5) is 9.18 Å². The molecule has 0 aliphatic carbocycles. The first-order chi connectivity index (χ1) is 10.5. The van der Waals surface area contributed by atoms with Gasteiger partial charge in [0.25, 0.3) is 0 Å². The Bertz CT molecular complexity index is 480. The number of hydrogen-bond donors (Lipinski definition) is 3. The van der Waals surface area contributed by atoms with E-state index in [1.54, 1.807) is 19.1 Å². The van der Waals surface area contributed by atoms with Crippen molar-refractivity contribution in [3.05, 3.63) is 29.6 Å². The fraction of sp³-hybridized carbons (Fsp3) is 0.562. The highest BCUT2D eigenvalue weighted by Gasteiger charge is 2.15. The van der Waals surface area contributed by atoms with Crippen LogP contribution in [-0.4, -0.2) is 30.4 Å². The molecule has 0 aliphatic heterocycles. The van der Waals surface area contributed by atoms with Crippen molar-refractivity contribution >= 4 is 6.03 Å². The van der Waals surface area contributed by atoms with Crippen molar-refractivity contribution < 1.29 is 19.0 Å². The van der Waals surface area contributed by atoms with Crippen LogP contribution < -0.4 is 15.4 Å². The number of aliphatic hydroxyl groups is 1. The number of amides is 2. The molecule has 0 aliphatic rings. The van der Waals surface area contributed by atoms with Crippen LogP contribution in [0.2, 0.25) is 0 Å². The second-order valence-corrected chi connectivity index (χ2v) is 5.39. The lowest BCUT2D eigenvalue weighted by atomic mass is 10.0. The number of benzene rings is 1. The van der Waals surface area contributed by atoms with E-state index in [1.807, 2.05) is 13.8 Å². The average molecular weight is 312 g/mol. The van der Waals surface area contributed by atoms with Gasteiger partial charge < -0.3 is 20.5 Å². The van der Waals surface area contributed by atoms with Crippen LogP contribution in [0.5, 0.6) is 5.75 Å². The van der Waals surface area contributed by atoms with Crippen LogP contribution >= 0.6 is 0 Å². The first-order valence-electron chi connectivity index (χ1n) is 7.54. The number of urea groups is 1. The summed E-state index contributed by atoms with van der Waals surface area (Å²) in [4.78, 5) is 11.8. The lowest BCUT2D eigenvalue weighted by Gasteiger charge is -2.21. The zero-order chi connectivity index (χ0) is 16.5. The SMILES string of the molecule is CCOc1ccc(CNC(=O)NC(CCO)C(C)C)cc1F. The first-order valence-corrected chi connectivity index (χ1v) is 7.54. The quantitative estimate of drug-likeness (QED) is 0.690. The number of ether oxygens (including phenoxy) is 1. The Morgan fingerprint density at radius 3 is 2.68 bits per heavy atom. The van der Waals surface area contributed by atoms with E-state index in [2.05, 4.69) is 10.6 Å². The fourth-order valence-corrected chi connectivity index (χ4v) is 2.04. The zero-order valence-electron chi connectivity index (χ0n) is 13.4. The minimum atomic E-state index is -0.443. The van der Waals surface area contributed by atoms with Crippen molar-refractivity contribution in [1.82, 2.24) is 10.6 Å². The summed E-state index contributed by atoms with van der Waals surface area (Å²) < 4.78 is 18.8. The predicted octanol–water partition coefficient (Wildman–Crippen LogP) is 2.43. The standard InChI is InChI=1S/C16H25FN2O3/c1-4-22-15-6-5-12(9-13(15)17)10-18-16(21)19-14(7-8-20)11(2)3/h5-6,9,11,14,20H,4,7-8,10H2,1-3H3,(H2,18,19,21). The molecule has 22 heavy (non-hydrogen) atoms. The zero-order valence-corrected chi connectivity index (χ0v) is 13.4. The van der Waals surface area contributed by atoms with Gasteiger partial charge in [0.05, 0.1) is 6.61 Å². The molecule has 6 heteroatoms. The molecule has 0 fully saturated rings. The second kappa shape index (κ2) is 9.25. The molecular formula is C16H25FN2O3. The van der Waals surface area contributed by atoms with Gasteiger partial charge in [-0.05, 0) is 37.0 Å². The van der Waals surface area contributed by atoms with Crippen LogP contribution in [0.1, 0.15) is 32.8 Å². The molecule has 1 aromatic rings. The molecule has 0 saturated heterocycles. The fourth-order valence-electron chi connectivity index (χ4n) is 2.04. The van der Waals surface area contributed by atoms with Gasteiger partial charge in [-0.1, -0.05) is 19.9 Å². The third-order valence-electron chi connectivity index (χ3n) is 3.31. The summed E-state index contributed by atoms with van der Waals surface area (Å²) in [6, 6.07) is 4.18. The normalized spacial score (nSPS) is 12.1. The van der Waals surface area contributed by atoms with Gasteiger partial charge in [-0.25, -0.2) is 9.18 Å². The molecule has 1 unspecified atom stereocenters. The minimum absolute atomic E-state index is 0.0211. The Balaban J connectivity index is 2.51. The average Bonchev–Trinajstić information content (AvgIpc) is 2.47. The monoisotopic (exact) mass is 312 g/mol. The molecule has 3 N–H and O–H groups in total. The van der Waals surface area contributed by atoms with Gasteiger partial charge in [0.2, 0.25) is 0 Å². The summed E-state index contributed by atoms with van der Waals surface area (Å²) >= 11 is 0. The van der Waals surface area contributed by atoms with Crippen LogP contribution in [0.15, 0.2) is 18.2 Å². The van der Waals surface area contributed by atoms with Crippen LogP contribution in [0, 0.1) is 11.7 Å². The number of hydrogen-bond acceptors (Lipinski definition) is 3. The molecule has 0 saturated carbocycles. The van der Waals surface area contributed by atoms with E-state index in [4.69, 9.17) is 9.84 Å². The number of carbonyl (C=O) groups is 1. The van der Waals surface area contributed by atoms with Crippen molar-refractivity contribution in [2.45, 2.75) is 39.8 Å². The first kappa shape index (κ1) is 18.2. The Labute approximate surface area is 130 Å². The third-order valence-corrected chi connectivity index (χ3v) is 3.31. The predicted molar refractivity (Wildman–Crippen MR) is 83.3 cm³/mol. The van der Waals surface area contributed by atoms with Crippen molar-refractivity contribution in [2.24, 2.45) is 5.92 Å². The number of carbonyl (C=O) groups excluding carboxylic acids is 1. The molecular weight excluding hydrogens is 287 g/mol. The maximum absolute atomic E-state index is 13.7. The van der Waals surface area contributed by atoms with Crippen molar-refractivity contribution in [3.8, 4) is 5.75 Å². The van der Waals surface area contributed by atoms with Gasteiger partial charge >= 0.3 is 6.03 Å². The van der Waals surface area contributed by atoms with E-state index in [1.165, 1.54) is 6.07 Å². The van der Waals surface area contributed by atoms with Gasteiger partial charge in [-0.15, -0.1) is 0 Å². The maximum Gasteiger partial charge on any atom is 0.315 e. The molecule has 1 rings (SSSR count). The molecule has 1 aromatic carbocycles. The molecule has 1 atom stereocenters. The number of halogens is 1. The van der Waals surface area contributed by atoms with E-state index in [0.717, 1.165) is 0 Å². The van der Waals surface area contributed by atoms with Gasteiger partial charge in [0, 0.05) is 19.2 Å². The summed E-state index contributed by atoms with van der Waals surface area (Å²) in [6.45, 7) is 6.38. The van der Waals surface area contributed by atoms with Crippen molar-refractivity contribution in [3.63, 3.8) is 0 Å². The van der Waals surface area contributed by atoms with Crippen molar-refractivity contribution in [2.75, 3.05) is 13.2 Å². The van der Waals surface area contributed by atoms with Crippen LogP contribution in [0.3, 0.4) is 0 Å². The number of rotatable bonds is 8. The van der Waals surface area contributed by atoms with Crippen LogP contribution in [-0.2, 0) is 6.54 Å². The summed E-state index contributed by atoms with van der Waals surface area (Å²) in [7, 11) is 0. The lowest BCUT2D eigenvalue weighted by molar-refractivity contribution is 0.218. The highest BCUT2D eigenvalue weighted by Crippen LogP contribution is 2.18. The molecule has 0 radical (unpaired) electrons. The number of nitrogens with one attached hydrogen (secondary N) is 2. The largest absolute Gasteiger partial charge is 0.491 e. The molecule has 0 aromatic heterocycles. The summed E-state index contributed by atoms with van der Waals surface area (Å²) in [6.07, 6.45) is 0.503. The Morgan fingerprint density at radius 2 is 2.14 bits per heavy atom. The van der Waals surface area contributed by atoms with Crippen molar-refractivity contribution in [1.29, 1.82) is 0 Å².